The number of carbonyl (C=O) groups is 1. The Morgan fingerprint density at radius 1 is 1.47 bits per heavy atom. The second-order valence-electron chi connectivity index (χ2n) is 4.43. The third-order valence-electron chi connectivity index (χ3n) is 3.11. The van der Waals surface area contributed by atoms with Gasteiger partial charge in [-0.05, 0) is 40.6 Å². The number of aromatic nitrogens is 4. The first kappa shape index (κ1) is 11.8. The Morgan fingerprint density at radius 3 is 3.26 bits per heavy atom. The van der Waals surface area contributed by atoms with E-state index in [2.05, 4.69) is 32.2 Å². The summed E-state index contributed by atoms with van der Waals surface area (Å²) in [6.07, 6.45) is 2.35. The molecular formula is C12H14N6O. The maximum absolute atomic E-state index is 11.9. The van der Waals surface area contributed by atoms with Crippen molar-refractivity contribution < 1.29 is 4.79 Å². The molecule has 2 heterocycles. The molecule has 0 radical (unpaired) electrons. The van der Waals surface area contributed by atoms with Gasteiger partial charge in [-0.25, -0.2) is 4.68 Å². The van der Waals surface area contributed by atoms with Gasteiger partial charge >= 0.3 is 0 Å². The van der Waals surface area contributed by atoms with Gasteiger partial charge in [-0.1, -0.05) is 12.1 Å². The Morgan fingerprint density at radius 2 is 2.42 bits per heavy atom. The third-order valence-corrected chi connectivity index (χ3v) is 3.11. The second kappa shape index (κ2) is 5.15. The highest BCUT2D eigenvalue weighted by atomic mass is 16.2. The van der Waals surface area contributed by atoms with Crippen LogP contribution in [-0.4, -0.2) is 32.7 Å². The van der Waals surface area contributed by atoms with E-state index in [1.165, 1.54) is 22.1 Å². The number of fused-ring (bicyclic) bond motifs is 1. The van der Waals surface area contributed by atoms with Crippen LogP contribution in [0.3, 0.4) is 0 Å². The molecule has 19 heavy (non-hydrogen) atoms. The van der Waals surface area contributed by atoms with Gasteiger partial charge in [0.15, 0.2) is 0 Å². The van der Waals surface area contributed by atoms with E-state index in [-0.39, 0.29) is 12.5 Å². The van der Waals surface area contributed by atoms with E-state index in [0.717, 1.165) is 25.2 Å². The third kappa shape index (κ3) is 2.60. The number of hydrogen-bond acceptors (Lipinski definition) is 5. The average molecular weight is 258 g/mol. The van der Waals surface area contributed by atoms with Crippen LogP contribution in [0.5, 0.6) is 0 Å². The maximum atomic E-state index is 11.9. The van der Waals surface area contributed by atoms with Crippen molar-refractivity contribution in [1.82, 2.24) is 25.5 Å². The highest BCUT2D eigenvalue weighted by Crippen LogP contribution is 2.22. The summed E-state index contributed by atoms with van der Waals surface area (Å²) in [4.78, 5) is 11.9. The first-order valence-corrected chi connectivity index (χ1v) is 6.15. The molecule has 7 heteroatoms. The highest BCUT2D eigenvalue weighted by molar-refractivity contribution is 5.91. The predicted molar refractivity (Wildman–Crippen MR) is 68.3 cm³/mol. The molecular weight excluding hydrogens is 244 g/mol. The molecule has 0 spiro atoms. The van der Waals surface area contributed by atoms with E-state index in [9.17, 15) is 4.79 Å². The Balaban J connectivity index is 1.74. The highest BCUT2D eigenvalue weighted by Gasteiger charge is 2.14. The molecule has 2 N–H and O–H groups in total. The van der Waals surface area contributed by atoms with Gasteiger partial charge in [0.05, 0.1) is 0 Å². The number of rotatable bonds is 3. The van der Waals surface area contributed by atoms with E-state index >= 15 is 0 Å². The van der Waals surface area contributed by atoms with E-state index in [1.807, 2.05) is 12.1 Å². The summed E-state index contributed by atoms with van der Waals surface area (Å²) in [6.45, 7) is 1.91. The fraction of sp³-hybridized carbons (Fsp3) is 0.333. The van der Waals surface area contributed by atoms with Gasteiger partial charge in [0, 0.05) is 12.2 Å². The van der Waals surface area contributed by atoms with Gasteiger partial charge in [0.25, 0.3) is 0 Å². The number of tetrazole rings is 1. The fourth-order valence-electron chi connectivity index (χ4n) is 2.24. The average Bonchev–Trinajstić information content (AvgIpc) is 2.92. The van der Waals surface area contributed by atoms with Crippen LogP contribution in [0.15, 0.2) is 24.5 Å². The lowest BCUT2D eigenvalue weighted by molar-refractivity contribution is -0.116. The lowest BCUT2D eigenvalue weighted by atomic mass is 9.99. The molecule has 3 rings (SSSR count). The van der Waals surface area contributed by atoms with Gasteiger partial charge in [0.1, 0.15) is 12.9 Å². The summed E-state index contributed by atoms with van der Waals surface area (Å²) >= 11 is 0. The van der Waals surface area contributed by atoms with Gasteiger partial charge in [-0.3, -0.25) is 4.79 Å². The first-order chi connectivity index (χ1) is 9.33. The van der Waals surface area contributed by atoms with Crippen molar-refractivity contribution in [3.05, 3.63) is 35.7 Å². The zero-order chi connectivity index (χ0) is 13.1. The normalized spacial score (nSPS) is 13.9. The summed E-state index contributed by atoms with van der Waals surface area (Å²) in [5, 5.41) is 16.9. The van der Waals surface area contributed by atoms with Crippen LogP contribution in [0, 0.1) is 0 Å². The van der Waals surface area contributed by atoms with Crippen molar-refractivity contribution in [2.45, 2.75) is 19.5 Å². The lowest BCUT2D eigenvalue weighted by Gasteiger charge is -2.20. The molecule has 7 nitrogen and oxygen atoms in total. The van der Waals surface area contributed by atoms with Gasteiger partial charge in [0.2, 0.25) is 5.91 Å². The van der Waals surface area contributed by atoms with Crippen LogP contribution in [0.1, 0.15) is 11.1 Å². The number of nitrogens with one attached hydrogen (secondary N) is 2. The summed E-state index contributed by atoms with van der Waals surface area (Å²) in [5.74, 6) is -0.126. The van der Waals surface area contributed by atoms with Gasteiger partial charge < -0.3 is 10.6 Å². The number of amides is 1. The van der Waals surface area contributed by atoms with E-state index < -0.39 is 0 Å². The fourth-order valence-corrected chi connectivity index (χ4v) is 2.24. The van der Waals surface area contributed by atoms with Crippen molar-refractivity contribution in [3.8, 4) is 0 Å². The van der Waals surface area contributed by atoms with Crippen LogP contribution in [0.2, 0.25) is 0 Å². The minimum atomic E-state index is -0.126. The van der Waals surface area contributed by atoms with Crippen molar-refractivity contribution in [2.75, 3.05) is 11.9 Å². The minimum absolute atomic E-state index is 0.120. The molecule has 1 amide bonds. The maximum Gasteiger partial charge on any atom is 0.246 e. The van der Waals surface area contributed by atoms with Crippen LogP contribution >= 0.6 is 0 Å². The smallest absolute Gasteiger partial charge is 0.246 e. The molecule has 0 aliphatic carbocycles. The van der Waals surface area contributed by atoms with Crippen molar-refractivity contribution in [3.63, 3.8) is 0 Å². The van der Waals surface area contributed by atoms with E-state index in [1.54, 1.807) is 0 Å². The summed E-state index contributed by atoms with van der Waals surface area (Å²) < 4.78 is 1.40. The zero-order valence-corrected chi connectivity index (χ0v) is 10.3. The van der Waals surface area contributed by atoms with Crippen molar-refractivity contribution in [2.24, 2.45) is 0 Å². The van der Waals surface area contributed by atoms with E-state index in [0.29, 0.717) is 0 Å². The van der Waals surface area contributed by atoms with Crippen LogP contribution in [0.4, 0.5) is 5.69 Å². The molecule has 98 valence electrons. The van der Waals surface area contributed by atoms with Crippen LogP contribution in [-0.2, 0) is 24.3 Å². The zero-order valence-electron chi connectivity index (χ0n) is 10.3. The molecule has 1 aromatic carbocycles. The van der Waals surface area contributed by atoms with Gasteiger partial charge in [-0.2, -0.15) is 0 Å². The quantitative estimate of drug-likeness (QED) is 0.806. The largest absolute Gasteiger partial charge is 0.324 e. The molecule has 0 bridgehead atoms. The second-order valence-corrected chi connectivity index (χ2v) is 4.43. The number of benzene rings is 1. The number of hydrogen-bond donors (Lipinski definition) is 2. The molecule has 1 aliphatic rings. The van der Waals surface area contributed by atoms with Crippen molar-refractivity contribution in [1.29, 1.82) is 0 Å². The topological polar surface area (TPSA) is 84.7 Å². The summed E-state index contributed by atoms with van der Waals surface area (Å²) in [5.41, 5.74) is 3.34. The monoisotopic (exact) mass is 258 g/mol. The molecule has 1 aliphatic heterocycles. The van der Waals surface area contributed by atoms with E-state index in [4.69, 9.17) is 0 Å². The SMILES string of the molecule is O=C(Cn1cnnn1)Nc1cccc2c1CCNC2. The summed E-state index contributed by atoms with van der Waals surface area (Å²) in [7, 11) is 0. The number of carbonyl (C=O) groups excluding carboxylic acids is 1. The minimum Gasteiger partial charge on any atom is -0.324 e. The molecule has 1 aromatic heterocycles. The molecule has 0 saturated heterocycles. The Hall–Kier alpha value is -2.28. The molecule has 0 unspecified atom stereocenters. The predicted octanol–water partition coefficient (Wildman–Crippen LogP) is -0.0425. The van der Waals surface area contributed by atoms with Gasteiger partial charge in [-0.15, -0.1) is 5.10 Å². The summed E-state index contributed by atoms with van der Waals surface area (Å²) in [6, 6.07) is 5.97. The van der Waals surface area contributed by atoms with Crippen LogP contribution in [0.25, 0.3) is 0 Å². The Labute approximate surface area is 110 Å². The lowest BCUT2D eigenvalue weighted by Crippen LogP contribution is -2.26. The standard InChI is InChI=1S/C12H14N6O/c19-12(7-18-8-14-16-17-18)15-11-3-1-2-9-6-13-5-4-10(9)11/h1-3,8,13H,4-7H2,(H,15,19). The number of anilines is 1. The molecule has 2 aromatic rings. The Bertz CT molecular complexity index is 580. The molecule has 0 atom stereocenters. The number of nitrogens with zero attached hydrogens (tertiary/aromatic N) is 4. The van der Waals surface area contributed by atoms with Crippen molar-refractivity contribution >= 4 is 11.6 Å². The Kier molecular flexibility index (Phi) is 3.20. The first-order valence-electron chi connectivity index (χ1n) is 6.15. The molecule has 0 saturated carbocycles. The van der Waals surface area contributed by atoms with Crippen LogP contribution < -0.4 is 10.6 Å². The molecule has 0 fully saturated rings.